The van der Waals surface area contributed by atoms with Gasteiger partial charge in [-0.15, -0.1) is 0 Å². The van der Waals surface area contributed by atoms with Gasteiger partial charge in [-0.05, 0) is 61.7 Å². The van der Waals surface area contributed by atoms with Crippen LogP contribution in [-0.4, -0.2) is 24.5 Å². The number of rotatable bonds is 7. The van der Waals surface area contributed by atoms with E-state index in [1.165, 1.54) is 11.1 Å². The number of benzene rings is 2. The second-order valence-electron chi connectivity index (χ2n) is 6.73. The number of nitrogens with zero attached hydrogens (tertiary/aromatic N) is 1. The summed E-state index contributed by atoms with van der Waals surface area (Å²) in [5, 5.41) is 6.24. The minimum absolute atomic E-state index is 0.180. The molecule has 1 aromatic heterocycles. The number of hydrogen-bond acceptors (Lipinski definition) is 4. The van der Waals surface area contributed by atoms with Crippen LogP contribution >= 0.6 is 0 Å². The van der Waals surface area contributed by atoms with Crippen molar-refractivity contribution in [1.29, 1.82) is 0 Å². The Hall–Kier alpha value is -3.34. The zero-order valence-corrected chi connectivity index (χ0v) is 16.5. The van der Waals surface area contributed by atoms with Crippen molar-refractivity contribution in [3.63, 3.8) is 0 Å². The third kappa shape index (κ3) is 5.10. The van der Waals surface area contributed by atoms with Gasteiger partial charge >= 0.3 is 0 Å². The quantitative estimate of drug-likeness (QED) is 0.641. The van der Waals surface area contributed by atoms with Crippen LogP contribution in [0.2, 0.25) is 0 Å². The summed E-state index contributed by atoms with van der Waals surface area (Å²) in [5.41, 5.74) is 5.78. The van der Waals surface area contributed by atoms with Crippen LogP contribution in [0, 0.1) is 13.8 Å². The number of amides is 1. The summed E-state index contributed by atoms with van der Waals surface area (Å²) in [5.74, 6) is 0.637. The lowest BCUT2D eigenvalue weighted by Gasteiger charge is -2.11. The van der Waals surface area contributed by atoms with Gasteiger partial charge in [0, 0.05) is 12.2 Å². The van der Waals surface area contributed by atoms with Crippen LogP contribution in [0.5, 0.6) is 5.75 Å². The van der Waals surface area contributed by atoms with Gasteiger partial charge in [0.2, 0.25) is 0 Å². The van der Waals surface area contributed by atoms with Crippen molar-refractivity contribution in [1.82, 2.24) is 10.3 Å². The highest BCUT2D eigenvalue weighted by atomic mass is 16.5. The van der Waals surface area contributed by atoms with E-state index in [0.717, 1.165) is 29.1 Å². The average molecular weight is 375 g/mol. The van der Waals surface area contributed by atoms with Gasteiger partial charge in [0.25, 0.3) is 5.91 Å². The monoisotopic (exact) mass is 375 g/mol. The number of carbonyl (C=O) groups is 1. The second-order valence-corrected chi connectivity index (χ2v) is 6.73. The first-order valence-electron chi connectivity index (χ1n) is 9.26. The molecule has 144 valence electrons. The molecule has 0 radical (unpaired) electrons. The number of hydrogen-bond donors (Lipinski definition) is 2. The molecule has 0 aliphatic rings. The molecule has 0 bridgehead atoms. The van der Waals surface area contributed by atoms with Crippen molar-refractivity contribution >= 4 is 17.3 Å². The van der Waals surface area contributed by atoms with Gasteiger partial charge in [-0.25, -0.2) is 4.98 Å². The van der Waals surface area contributed by atoms with Crippen LogP contribution in [0.15, 0.2) is 60.8 Å². The predicted molar refractivity (Wildman–Crippen MR) is 112 cm³/mol. The van der Waals surface area contributed by atoms with Crippen LogP contribution in [-0.2, 0) is 6.42 Å². The zero-order valence-electron chi connectivity index (χ0n) is 16.5. The Labute approximate surface area is 165 Å². The van der Waals surface area contributed by atoms with E-state index >= 15 is 0 Å². The van der Waals surface area contributed by atoms with E-state index in [4.69, 9.17) is 4.74 Å². The number of aromatic nitrogens is 1. The molecule has 2 aromatic carbocycles. The van der Waals surface area contributed by atoms with E-state index in [-0.39, 0.29) is 5.91 Å². The van der Waals surface area contributed by atoms with Gasteiger partial charge in [0.1, 0.15) is 11.4 Å². The molecular weight excluding hydrogens is 350 g/mol. The molecule has 2 N–H and O–H groups in total. The SMILES string of the molecule is COc1cccc(CCNC(=O)c2ccc(Nc3ccc(C)cc3C)cn2)c1. The summed E-state index contributed by atoms with van der Waals surface area (Å²) in [6, 6.07) is 17.7. The lowest BCUT2D eigenvalue weighted by Crippen LogP contribution is -2.26. The molecular formula is C23H25N3O2. The van der Waals surface area contributed by atoms with Gasteiger partial charge < -0.3 is 15.4 Å². The van der Waals surface area contributed by atoms with Crippen molar-refractivity contribution in [3.05, 3.63) is 83.2 Å². The van der Waals surface area contributed by atoms with Crippen molar-refractivity contribution in [2.24, 2.45) is 0 Å². The van der Waals surface area contributed by atoms with Crippen LogP contribution in [0.25, 0.3) is 0 Å². The Kier molecular flexibility index (Phi) is 6.27. The molecule has 0 aliphatic heterocycles. The molecule has 0 fully saturated rings. The van der Waals surface area contributed by atoms with E-state index in [1.807, 2.05) is 36.4 Å². The molecule has 0 spiro atoms. The minimum Gasteiger partial charge on any atom is -0.497 e. The maximum Gasteiger partial charge on any atom is 0.269 e. The van der Waals surface area contributed by atoms with Gasteiger partial charge in [-0.3, -0.25) is 4.79 Å². The van der Waals surface area contributed by atoms with Crippen LogP contribution in [0.4, 0.5) is 11.4 Å². The third-order valence-electron chi connectivity index (χ3n) is 4.49. The Morgan fingerprint density at radius 2 is 1.93 bits per heavy atom. The molecule has 0 saturated carbocycles. The van der Waals surface area contributed by atoms with Gasteiger partial charge in [0.15, 0.2) is 0 Å². The minimum atomic E-state index is -0.180. The van der Waals surface area contributed by atoms with Gasteiger partial charge in [-0.2, -0.15) is 0 Å². The summed E-state index contributed by atoms with van der Waals surface area (Å²) in [6.07, 6.45) is 2.41. The number of nitrogens with one attached hydrogen (secondary N) is 2. The number of pyridine rings is 1. The Morgan fingerprint density at radius 3 is 2.64 bits per heavy atom. The Bertz CT molecular complexity index is 952. The van der Waals surface area contributed by atoms with Crippen molar-refractivity contribution < 1.29 is 9.53 Å². The smallest absolute Gasteiger partial charge is 0.269 e. The first kappa shape index (κ1) is 19.4. The summed E-state index contributed by atoms with van der Waals surface area (Å²) in [7, 11) is 1.64. The van der Waals surface area contributed by atoms with Crippen molar-refractivity contribution in [3.8, 4) is 5.75 Å². The third-order valence-corrected chi connectivity index (χ3v) is 4.49. The average Bonchev–Trinajstić information content (AvgIpc) is 2.71. The maximum atomic E-state index is 12.3. The molecule has 3 aromatic rings. The zero-order chi connectivity index (χ0) is 19.9. The first-order valence-corrected chi connectivity index (χ1v) is 9.26. The molecule has 0 saturated heterocycles. The molecule has 0 atom stereocenters. The second kappa shape index (κ2) is 9.04. The molecule has 1 heterocycles. The predicted octanol–water partition coefficient (Wildman–Crippen LogP) is 4.42. The largest absolute Gasteiger partial charge is 0.497 e. The number of carbonyl (C=O) groups excluding carboxylic acids is 1. The fraction of sp³-hybridized carbons (Fsp3) is 0.217. The topological polar surface area (TPSA) is 63.2 Å². The lowest BCUT2D eigenvalue weighted by atomic mass is 10.1. The number of aryl methyl sites for hydroxylation is 2. The number of methoxy groups -OCH3 is 1. The fourth-order valence-electron chi connectivity index (χ4n) is 2.95. The van der Waals surface area contributed by atoms with Crippen LogP contribution < -0.4 is 15.4 Å². The number of ether oxygens (including phenoxy) is 1. The highest BCUT2D eigenvalue weighted by Crippen LogP contribution is 2.21. The molecule has 3 rings (SSSR count). The molecule has 5 heteroatoms. The Morgan fingerprint density at radius 1 is 1.07 bits per heavy atom. The highest BCUT2D eigenvalue weighted by Gasteiger charge is 2.07. The lowest BCUT2D eigenvalue weighted by molar-refractivity contribution is 0.0949. The number of anilines is 2. The van der Waals surface area contributed by atoms with Crippen molar-refractivity contribution in [2.75, 3.05) is 19.0 Å². The highest BCUT2D eigenvalue weighted by molar-refractivity contribution is 5.92. The van der Waals surface area contributed by atoms with E-state index in [9.17, 15) is 4.79 Å². The summed E-state index contributed by atoms with van der Waals surface area (Å²) in [6.45, 7) is 4.67. The summed E-state index contributed by atoms with van der Waals surface area (Å²) in [4.78, 5) is 16.6. The van der Waals surface area contributed by atoms with Crippen LogP contribution in [0.1, 0.15) is 27.2 Å². The molecule has 0 aliphatic carbocycles. The standard InChI is InChI=1S/C23H25N3O2/c1-16-7-9-21(17(2)13-16)26-19-8-10-22(25-15-19)23(27)24-12-11-18-5-4-6-20(14-18)28-3/h4-10,13-15,26H,11-12H2,1-3H3,(H,24,27). The van der Waals surface area contributed by atoms with E-state index in [2.05, 4.69) is 41.6 Å². The molecule has 1 amide bonds. The first-order chi connectivity index (χ1) is 13.5. The van der Waals surface area contributed by atoms with Gasteiger partial charge in [-0.1, -0.05) is 29.8 Å². The molecule has 0 unspecified atom stereocenters. The summed E-state index contributed by atoms with van der Waals surface area (Å²) < 4.78 is 5.22. The molecule has 5 nitrogen and oxygen atoms in total. The van der Waals surface area contributed by atoms with Crippen LogP contribution in [0.3, 0.4) is 0 Å². The maximum absolute atomic E-state index is 12.3. The van der Waals surface area contributed by atoms with E-state index < -0.39 is 0 Å². The fourth-order valence-corrected chi connectivity index (χ4v) is 2.95. The normalized spacial score (nSPS) is 10.4. The van der Waals surface area contributed by atoms with Crippen molar-refractivity contribution in [2.45, 2.75) is 20.3 Å². The molecule has 28 heavy (non-hydrogen) atoms. The Balaban J connectivity index is 1.54. The van der Waals surface area contributed by atoms with E-state index in [1.54, 1.807) is 19.4 Å². The van der Waals surface area contributed by atoms with Gasteiger partial charge in [0.05, 0.1) is 19.0 Å². The summed E-state index contributed by atoms with van der Waals surface area (Å²) >= 11 is 0. The van der Waals surface area contributed by atoms with E-state index in [0.29, 0.717) is 12.2 Å².